The first-order chi connectivity index (χ1) is 12.1. The molecule has 7 heteroatoms. The number of nitrogens with one attached hydrogen (secondary N) is 2. The number of aryl methyl sites for hydroxylation is 1. The van der Waals surface area contributed by atoms with Crippen molar-refractivity contribution in [1.82, 2.24) is 15.3 Å². The number of anilines is 1. The normalized spacial score (nSPS) is 13.2. The molecule has 1 aromatic carbocycles. The minimum Gasteiger partial charge on any atom is -0.497 e. The first kappa shape index (κ1) is 17.0. The van der Waals surface area contributed by atoms with Gasteiger partial charge in [0.1, 0.15) is 23.8 Å². The molecule has 0 spiro atoms. The molecule has 1 aliphatic rings. The molecule has 2 N–H and O–H groups in total. The number of nitrogens with zero attached hydrogens (tertiary/aromatic N) is 2. The molecule has 0 atom stereocenters. The van der Waals surface area contributed by atoms with Gasteiger partial charge in [0.15, 0.2) is 0 Å². The third-order valence-corrected chi connectivity index (χ3v) is 3.71. The molecule has 1 aromatic heterocycles. The van der Waals surface area contributed by atoms with E-state index in [4.69, 9.17) is 9.47 Å². The van der Waals surface area contributed by atoms with Crippen LogP contribution in [0.5, 0.6) is 11.5 Å². The van der Waals surface area contributed by atoms with Crippen molar-refractivity contribution in [1.29, 1.82) is 0 Å². The summed E-state index contributed by atoms with van der Waals surface area (Å²) in [5.41, 5.74) is 1.13. The van der Waals surface area contributed by atoms with Crippen molar-refractivity contribution in [3.05, 3.63) is 41.7 Å². The lowest BCUT2D eigenvalue weighted by Crippen LogP contribution is -2.27. The molecule has 1 heterocycles. The Labute approximate surface area is 146 Å². The monoisotopic (exact) mass is 342 g/mol. The van der Waals surface area contributed by atoms with Crippen molar-refractivity contribution in [2.45, 2.75) is 25.8 Å². The number of ether oxygens (including phenoxy) is 2. The van der Waals surface area contributed by atoms with Crippen molar-refractivity contribution >= 4 is 11.9 Å². The Kier molecular flexibility index (Phi) is 5.33. The minimum atomic E-state index is -0.148. The highest BCUT2D eigenvalue weighted by Crippen LogP contribution is 2.19. The van der Waals surface area contributed by atoms with Crippen LogP contribution in [0, 0.1) is 6.92 Å². The minimum absolute atomic E-state index is 0.148. The van der Waals surface area contributed by atoms with Crippen LogP contribution in [-0.2, 0) is 0 Å². The number of hydrogen-bond donors (Lipinski definition) is 2. The number of amides is 1. The lowest BCUT2D eigenvalue weighted by molar-refractivity contribution is 0.0946. The second kappa shape index (κ2) is 7.83. The maximum absolute atomic E-state index is 12.1. The van der Waals surface area contributed by atoms with Crippen LogP contribution in [0.1, 0.15) is 29.0 Å². The van der Waals surface area contributed by atoms with Gasteiger partial charge in [-0.05, 0) is 50.1 Å². The second-order valence-corrected chi connectivity index (χ2v) is 5.92. The van der Waals surface area contributed by atoms with E-state index in [1.54, 1.807) is 13.2 Å². The molecule has 0 saturated heterocycles. The second-order valence-electron chi connectivity index (χ2n) is 5.92. The lowest BCUT2D eigenvalue weighted by atomic mass is 10.3. The largest absolute Gasteiger partial charge is 0.497 e. The zero-order valence-corrected chi connectivity index (χ0v) is 14.4. The van der Waals surface area contributed by atoms with Crippen molar-refractivity contribution < 1.29 is 14.3 Å². The maximum atomic E-state index is 12.1. The van der Waals surface area contributed by atoms with Crippen LogP contribution in [-0.4, -0.2) is 42.2 Å². The molecule has 3 rings (SSSR count). The number of aromatic nitrogens is 2. The summed E-state index contributed by atoms with van der Waals surface area (Å²) in [7, 11) is 1.63. The number of methoxy groups -OCH3 is 1. The summed E-state index contributed by atoms with van der Waals surface area (Å²) in [6.45, 7) is 2.82. The molecule has 1 saturated carbocycles. The predicted molar refractivity (Wildman–Crippen MR) is 94.2 cm³/mol. The van der Waals surface area contributed by atoms with Crippen LogP contribution in [0.2, 0.25) is 0 Å². The molecule has 0 unspecified atom stereocenters. The molecule has 0 bridgehead atoms. The van der Waals surface area contributed by atoms with Crippen molar-refractivity contribution in [2.75, 3.05) is 25.6 Å². The van der Waals surface area contributed by atoms with Gasteiger partial charge in [0, 0.05) is 11.7 Å². The van der Waals surface area contributed by atoms with Gasteiger partial charge in [-0.15, -0.1) is 0 Å². The molecule has 132 valence electrons. The molecule has 1 aliphatic carbocycles. The van der Waals surface area contributed by atoms with Gasteiger partial charge in [0.25, 0.3) is 5.91 Å². The zero-order chi connectivity index (χ0) is 17.6. The Balaban J connectivity index is 1.50. The molecular formula is C18H22N4O3. The van der Waals surface area contributed by atoms with Crippen molar-refractivity contribution in [3.8, 4) is 11.5 Å². The fourth-order valence-corrected chi connectivity index (χ4v) is 2.25. The standard InChI is InChI=1S/C18H22N4O3/c1-12-11-16(17(23)21-13-3-4-13)22-18(20-12)19-9-10-25-15-7-5-14(24-2)6-8-15/h5-8,11,13H,3-4,9-10H2,1-2H3,(H,21,23)(H,19,20,22). The van der Waals surface area contributed by atoms with E-state index < -0.39 is 0 Å². The summed E-state index contributed by atoms with van der Waals surface area (Å²) in [5, 5.41) is 6.02. The van der Waals surface area contributed by atoms with Crippen LogP contribution < -0.4 is 20.1 Å². The van der Waals surface area contributed by atoms with E-state index in [2.05, 4.69) is 20.6 Å². The van der Waals surface area contributed by atoms with Gasteiger partial charge in [0.2, 0.25) is 5.95 Å². The van der Waals surface area contributed by atoms with Crippen LogP contribution in [0.4, 0.5) is 5.95 Å². The first-order valence-electron chi connectivity index (χ1n) is 8.31. The van der Waals surface area contributed by atoms with Crippen molar-refractivity contribution in [3.63, 3.8) is 0 Å². The highest BCUT2D eigenvalue weighted by atomic mass is 16.5. The van der Waals surface area contributed by atoms with Gasteiger partial charge in [-0.3, -0.25) is 4.79 Å². The van der Waals surface area contributed by atoms with Gasteiger partial charge >= 0.3 is 0 Å². The highest BCUT2D eigenvalue weighted by Gasteiger charge is 2.24. The molecule has 1 amide bonds. The van der Waals surface area contributed by atoms with Crippen LogP contribution in [0.3, 0.4) is 0 Å². The molecule has 1 fully saturated rings. The van der Waals surface area contributed by atoms with E-state index in [9.17, 15) is 4.79 Å². The van der Waals surface area contributed by atoms with E-state index in [0.717, 1.165) is 30.0 Å². The third-order valence-electron chi connectivity index (χ3n) is 3.71. The number of carbonyl (C=O) groups is 1. The number of rotatable bonds is 8. The number of hydrogen-bond acceptors (Lipinski definition) is 6. The number of carbonyl (C=O) groups excluding carboxylic acids is 1. The summed E-state index contributed by atoms with van der Waals surface area (Å²) < 4.78 is 10.7. The Hall–Kier alpha value is -2.83. The van der Waals surface area contributed by atoms with Crippen LogP contribution >= 0.6 is 0 Å². The van der Waals surface area contributed by atoms with Crippen LogP contribution in [0.25, 0.3) is 0 Å². The van der Waals surface area contributed by atoms with E-state index in [1.165, 1.54) is 0 Å². The predicted octanol–water partition coefficient (Wildman–Crippen LogP) is 2.18. The Morgan fingerprint density at radius 2 is 1.92 bits per heavy atom. The first-order valence-corrected chi connectivity index (χ1v) is 8.31. The summed E-state index contributed by atoms with van der Waals surface area (Å²) in [6.07, 6.45) is 2.09. The van der Waals surface area contributed by atoms with Gasteiger partial charge in [-0.2, -0.15) is 0 Å². The Morgan fingerprint density at radius 1 is 1.20 bits per heavy atom. The fraction of sp³-hybridized carbons (Fsp3) is 0.389. The average molecular weight is 342 g/mol. The van der Waals surface area contributed by atoms with E-state index in [-0.39, 0.29) is 5.91 Å². The third kappa shape index (κ3) is 5.07. The smallest absolute Gasteiger partial charge is 0.270 e. The van der Waals surface area contributed by atoms with Gasteiger partial charge in [-0.25, -0.2) is 9.97 Å². The van der Waals surface area contributed by atoms with Gasteiger partial charge < -0.3 is 20.1 Å². The SMILES string of the molecule is COc1ccc(OCCNc2nc(C)cc(C(=O)NC3CC3)n2)cc1. The molecular weight excluding hydrogens is 320 g/mol. The van der Waals surface area contributed by atoms with E-state index in [1.807, 2.05) is 31.2 Å². The topological polar surface area (TPSA) is 85.4 Å². The summed E-state index contributed by atoms with van der Waals surface area (Å²) in [6, 6.07) is 9.38. The van der Waals surface area contributed by atoms with Gasteiger partial charge in [0.05, 0.1) is 13.7 Å². The fourth-order valence-electron chi connectivity index (χ4n) is 2.25. The Morgan fingerprint density at radius 3 is 2.60 bits per heavy atom. The molecule has 7 nitrogen and oxygen atoms in total. The quantitative estimate of drug-likeness (QED) is 0.715. The summed E-state index contributed by atoms with van der Waals surface area (Å²) >= 11 is 0. The number of benzene rings is 1. The highest BCUT2D eigenvalue weighted by molar-refractivity contribution is 5.93. The van der Waals surface area contributed by atoms with Crippen LogP contribution in [0.15, 0.2) is 30.3 Å². The maximum Gasteiger partial charge on any atom is 0.270 e. The Bertz CT molecular complexity index is 730. The van der Waals surface area contributed by atoms with Gasteiger partial charge in [-0.1, -0.05) is 0 Å². The summed E-state index contributed by atoms with van der Waals surface area (Å²) in [4.78, 5) is 20.7. The molecule has 0 radical (unpaired) electrons. The van der Waals surface area contributed by atoms with E-state index >= 15 is 0 Å². The zero-order valence-electron chi connectivity index (χ0n) is 14.4. The lowest BCUT2D eigenvalue weighted by Gasteiger charge is -2.10. The molecule has 0 aliphatic heterocycles. The molecule has 25 heavy (non-hydrogen) atoms. The van der Waals surface area contributed by atoms with Crippen molar-refractivity contribution in [2.24, 2.45) is 0 Å². The average Bonchev–Trinajstić information content (AvgIpc) is 3.43. The van der Waals surface area contributed by atoms with E-state index in [0.29, 0.717) is 30.8 Å². The molecule has 2 aromatic rings. The summed E-state index contributed by atoms with van der Waals surface area (Å²) in [5.74, 6) is 1.83.